The molecule has 2 heterocycles. The molecule has 0 aliphatic heterocycles. The van der Waals surface area contributed by atoms with Gasteiger partial charge in [0, 0.05) is 30.2 Å². The SMILES string of the molecule is CC(I)(I)I.CCCCCCCCc1cc2cc(CN)cc(F)c2o1.CCCCCCCCc1cc2cc(CO)cc(F)c2o1.COC(=O)c1ccc(O)c(F)c1.[Cl][Pd][Cl].c1ccc(P(c2ccccc2)c2ccccc2)cc1.c1ccc([PH+](c2ccccc2)c2ccccc2)cc1. The first-order chi connectivity index (χ1) is 47.4. The van der Waals surface area contributed by atoms with Crippen molar-refractivity contribution in [1.82, 2.24) is 0 Å². The van der Waals surface area contributed by atoms with E-state index in [0.29, 0.717) is 22.7 Å². The minimum absolute atomic E-state index is 0.0767. The Kier molecular flexibility index (Phi) is 41.4. The van der Waals surface area contributed by atoms with Crippen LogP contribution in [0.25, 0.3) is 21.9 Å². The van der Waals surface area contributed by atoms with Gasteiger partial charge in [-0.15, -0.1) is 0 Å². The minimum atomic E-state index is -0.877. The quantitative estimate of drug-likeness (QED) is 0.0146. The second kappa shape index (κ2) is 48.3. The van der Waals surface area contributed by atoms with Crippen molar-refractivity contribution in [2.24, 2.45) is 5.73 Å². The van der Waals surface area contributed by atoms with Gasteiger partial charge < -0.3 is 29.5 Å². The number of alkyl halides is 3. The standard InChI is InChI=1S/2C18H15P.C17H24FNO.C17H23FO2.C8H7FO3.C2H3I3.2ClH.Pd/c2*1-4-10-16(11-5-1)19(17-12-6-2-7-13-17)18-14-8-3-9-15-18;2*1-2-3-4-5-6-7-8-15-11-14-9-13(12-19)10-16(18)17(14)20-15;1-12-8(11)5-2-3-7(10)6(9)4-5;1-2(3,4)5;;;/h2*1-15H;9-11H,2-8,12,19H2,1H3;9-11,19H,2-8,12H2,1H3;2-4,10H,1H3;1H3;2*1H;/q;;;;;;;;+2/p-1. The maximum Gasteiger partial charge on any atom is 0.102 e. The zero-order valence-electron chi connectivity index (χ0n) is 55.7. The summed E-state index contributed by atoms with van der Waals surface area (Å²) in [4.78, 5) is 10.8. The summed E-state index contributed by atoms with van der Waals surface area (Å²) in [5, 5.41) is 27.9. The molecule has 11 aromatic rings. The monoisotopic (exact) mass is 1830 g/mol. The number of methoxy groups -OCH3 is 1. The Labute approximate surface area is 637 Å². The summed E-state index contributed by atoms with van der Waals surface area (Å²) in [6, 6.07) is 78.4. The first-order valence-electron chi connectivity index (χ1n) is 32.6. The van der Waals surface area contributed by atoms with Crippen LogP contribution in [-0.2, 0) is 46.7 Å². The number of aliphatic hydroxyl groups excluding tert-OH is 1. The largest absolute Gasteiger partial charge is 0.102 e. The molecule has 0 saturated heterocycles. The van der Waals surface area contributed by atoms with E-state index >= 15 is 0 Å². The van der Waals surface area contributed by atoms with E-state index < -0.39 is 33.4 Å². The molecule has 0 amide bonds. The van der Waals surface area contributed by atoms with Gasteiger partial charge in [-0.2, -0.15) is 0 Å². The molecule has 18 heteroatoms. The molecule has 0 radical (unpaired) electrons. The third-order valence-corrected chi connectivity index (χ3v) is 20.1. The van der Waals surface area contributed by atoms with Crippen LogP contribution in [0.3, 0.4) is 0 Å². The van der Waals surface area contributed by atoms with Crippen molar-refractivity contribution in [3.8, 4) is 5.75 Å². The average molecular weight is 1840 g/mol. The van der Waals surface area contributed by atoms with Crippen molar-refractivity contribution in [2.45, 2.75) is 123 Å². The predicted octanol–water partition coefficient (Wildman–Crippen LogP) is 22.2. The van der Waals surface area contributed by atoms with Crippen molar-refractivity contribution in [2.75, 3.05) is 7.11 Å². The van der Waals surface area contributed by atoms with Gasteiger partial charge in [0.25, 0.3) is 0 Å². The molecule has 0 fully saturated rings. The molecule has 2 aromatic heterocycles. The van der Waals surface area contributed by atoms with E-state index in [9.17, 15) is 18.0 Å². The number of furan rings is 2. The summed E-state index contributed by atoms with van der Waals surface area (Å²) in [6.07, 6.45) is 16.6. The van der Waals surface area contributed by atoms with Crippen molar-refractivity contribution < 1.29 is 57.7 Å². The van der Waals surface area contributed by atoms with E-state index in [-0.39, 0.29) is 39.7 Å². The second-order valence-electron chi connectivity index (χ2n) is 22.6. The Bertz CT molecular complexity index is 3550. The van der Waals surface area contributed by atoms with Gasteiger partial charge in [0.2, 0.25) is 0 Å². The molecule has 0 spiro atoms. The fourth-order valence-electron chi connectivity index (χ4n) is 10.3. The van der Waals surface area contributed by atoms with Crippen LogP contribution in [0.15, 0.2) is 245 Å². The van der Waals surface area contributed by atoms with E-state index in [2.05, 4.69) is 275 Å². The molecule has 9 aromatic carbocycles. The number of hydrogen-bond donors (Lipinski definition) is 3. The number of phenols is 1. The summed E-state index contributed by atoms with van der Waals surface area (Å²) in [7, 11) is 9.51. The Balaban J connectivity index is 0.000000217. The number of carbonyl (C=O) groups is 1. The summed E-state index contributed by atoms with van der Waals surface area (Å²) in [5.41, 5.74) is 7.70. The van der Waals surface area contributed by atoms with E-state index in [4.69, 9.17) is 43.8 Å². The molecular formula is C80H88Cl2F3I3NO6P2Pd+. The van der Waals surface area contributed by atoms with E-state index in [1.165, 1.54) is 121 Å². The van der Waals surface area contributed by atoms with Crippen molar-refractivity contribution in [3.05, 3.63) is 282 Å². The number of rotatable bonds is 23. The number of aliphatic hydroxyl groups is 1. The number of halogens is 8. The first kappa shape index (κ1) is 84.0. The predicted molar refractivity (Wildman–Crippen MR) is 434 cm³/mol. The number of esters is 1. The number of fused-ring (bicyclic) bond motifs is 2. The van der Waals surface area contributed by atoms with Crippen molar-refractivity contribution in [1.29, 1.82) is 0 Å². The fraction of sp³-hybridized carbons (Fsp3) is 0.263. The number of hydrogen-bond acceptors (Lipinski definition) is 7. The zero-order chi connectivity index (χ0) is 70.9. The van der Waals surface area contributed by atoms with Gasteiger partial charge >= 0.3 is 41.0 Å². The van der Waals surface area contributed by atoms with Gasteiger partial charge in [-0.3, -0.25) is 0 Å². The Morgan fingerprint density at radius 3 is 1.19 bits per heavy atom. The smallest absolute Gasteiger partial charge is 0.0622 e. The van der Waals surface area contributed by atoms with Crippen molar-refractivity contribution in [3.63, 3.8) is 0 Å². The molecule has 0 unspecified atom stereocenters. The number of phenolic OH excluding ortho intramolecular Hbond substituents is 1. The van der Waals surface area contributed by atoms with E-state index in [0.717, 1.165) is 65.7 Å². The van der Waals surface area contributed by atoms with Crippen LogP contribution < -0.4 is 37.6 Å². The van der Waals surface area contributed by atoms with Gasteiger partial charge in [-0.05, 0) is 146 Å². The molecule has 7 nitrogen and oxygen atoms in total. The van der Waals surface area contributed by atoms with E-state index in [1.54, 1.807) is 6.07 Å². The number of aryl methyl sites for hydroxylation is 2. The molecule has 0 atom stereocenters. The number of nitrogens with two attached hydrogens (primary N) is 1. The van der Waals surface area contributed by atoms with Gasteiger partial charge in [-0.25, -0.2) is 18.0 Å². The molecule has 0 bridgehead atoms. The van der Waals surface area contributed by atoms with Gasteiger partial charge in [-0.1, -0.05) is 291 Å². The summed E-state index contributed by atoms with van der Waals surface area (Å²) < 4.78 is 56.1. The van der Waals surface area contributed by atoms with Crippen LogP contribution in [0.5, 0.6) is 5.75 Å². The van der Waals surface area contributed by atoms with Crippen LogP contribution in [0.1, 0.15) is 131 Å². The second-order valence-corrected chi connectivity index (χ2v) is 42.3. The van der Waals surface area contributed by atoms with Crippen LogP contribution >= 0.6 is 103 Å². The number of ether oxygens (including phenoxy) is 1. The number of aromatic hydroxyl groups is 1. The molecule has 0 aliphatic rings. The molecule has 0 aliphatic carbocycles. The van der Waals surface area contributed by atoms with Gasteiger partial charge in [0.1, 0.15) is 26.9 Å². The maximum absolute atomic E-state index is 13.8. The molecule has 11 rings (SSSR count). The number of benzene rings is 9. The summed E-state index contributed by atoms with van der Waals surface area (Å²) in [6.45, 7) is 6.78. The van der Waals surface area contributed by atoms with Crippen LogP contribution in [0, 0.1) is 17.5 Å². The Hall–Kier alpha value is -4.67. The summed E-state index contributed by atoms with van der Waals surface area (Å²) >= 11 is 6.95. The number of carbonyl (C=O) groups excluding carboxylic acids is 1. The number of unbranched alkanes of at least 4 members (excludes halogenated alkanes) is 10. The first-order valence-corrected chi connectivity index (χ1v) is 42.7. The molecule has 98 heavy (non-hydrogen) atoms. The van der Waals surface area contributed by atoms with Crippen LogP contribution in [0.4, 0.5) is 13.2 Å². The molecule has 0 saturated carbocycles. The maximum atomic E-state index is 13.8. The Morgan fingerprint density at radius 2 is 0.857 bits per heavy atom. The third-order valence-electron chi connectivity index (χ3n) is 14.9. The average Bonchev–Trinajstić information content (AvgIpc) is 1.47. The van der Waals surface area contributed by atoms with Crippen LogP contribution in [0.2, 0.25) is 0 Å². The molecular weight excluding hydrogens is 1750 g/mol. The Morgan fingerprint density at radius 1 is 0.520 bits per heavy atom. The third kappa shape index (κ3) is 31.3. The normalized spacial score (nSPS) is 10.7. The molecule has 4 N–H and O–H groups in total. The fourth-order valence-corrected chi connectivity index (χ4v) is 15.2. The zero-order valence-corrected chi connectivity index (χ0v) is 67.2. The minimum Gasteiger partial charge on any atom is -0.0622 e. The van der Waals surface area contributed by atoms with Crippen molar-refractivity contribution >= 4 is 162 Å². The topological polar surface area (TPSA) is 119 Å². The molecule has 524 valence electrons. The summed E-state index contributed by atoms with van der Waals surface area (Å²) in [5.74, 6) is -0.930. The van der Waals surface area contributed by atoms with Gasteiger partial charge in [0.15, 0.2) is 34.4 Å². The van der Waals surface area contributed by atoms with Crippen LogP contribution in [-0.4, -0.2) is 22.7 Å². The van der Waals surface area contributed by atoms with Gasteiger partial charge in [0.05, 0.1) is 27.2 Å². The van der Waals surface area contributed by atoms with E-state index in [1.807, 2.05) is 18.2 Å².